The second-order valence-corrected chi connectivity index (χ2v) is 5.85. The Labute approximate surface area is 106 Å². The average molecular weight is 240 g/mol. The average Bonchev–Trinajstić information content (AvgIpc) is 2.40. The van der Waals surface area contributed by atoms with Crippen LogP contribution in [0.25, 0.3) is 0 Å². The van der Waals surface area contributed by atoms with Crippen molar-refractivity contribution in [2.45, 2.75) is 44.6 Å². The summed E-state index contributed by atoms with van der Waals surface area (Å²) < 4.78 is 0. The minimum Gasteiger partial charge on any atom is -0.395 e. The third-order valence-electron chi connectivity index (χ3n) is 4.80. The van der Waals surface area contributed by atoms with Crippen molar-refractivity contribution >= 4 is 0 Å². The molecule has 0 bridgehead atoms. The summed E-state index contributed by atoms with van der Waals surface area (Å²) in [6, 6.07) is 0.277. The molecule has 3 atom stereocenters. The Morgan fingerprint density at radius 2 is 2.00 bits per heavy atom. The van der Waals surface area contributed by atoms with E-state index < -0.39 is 0 Å². The van der Waals surface area contributed by atoms with Gasteiger partial charge in [-0.1, -0.05) is 19.3 Å². The zero-order valence-electron chi connectivity index (χ0n) is 11.2. The highest BCUT2D eigenvalue weighted by atomic mass is 16.3. The molecule has 1 aliphatic carbocycles. The quantitative estimate of drug-likeness (QED) is 0.764. The van der Waals surface area contributed by atoms with E-state index in [4.69, 9.17) is 5.11 Å². The van der Waals surface area contributed by atoms with Crippen LogP contribution in [-0.4, -0.2) is 49.3 Å². The molecule has 0 amide bonds. The van der Waals surface area contributed by atoms with Gasteiger partial charge in [-0.25, -0.2) is 0 Å². The van der Waals surface area contributed by atoms with E-state index in [1.165, 1.54) is 45.2 Å². The monoisotopic (exact) mass is 240 g/mol. The number of hydrogen-bond donors (Lipinski definition) is 2. The van der Waals surface area contributed by atoms with Gasteiger partial charge in [-0.15, -0.1) is 0 Å². The standard InChI is InChI=1S/C14H28N2O/c1-15-14(11-17)7-9-16-8-6-12-4-2-3-5-13(12)10-16/h12-15,17H,2-11H2,1H3. The number of fused-ring (bicyclic) bond motifs is 1. The molecule has 3 unspecified atom stereocenters. The SMILES string of the molecule is CNC(CO)CCN1CCC2CCCCC2C1. The lowest BCUT2D eigenvalue weighted by Crippen LogP contribution is -2.43. The fraction of sp³-hybridized carbons (Fsp3) is 1.00. The van der Waals surface area contributed by atoms with E-state index >= 15 is 0 Å². The zero-order chi connectivity index (χ0) is 12.1. The summed E-state index contributed by atoms with van der Waals surface area (Å²) in [6.45, 7) is 4.00. The van der Waals surface area contributed by atoms with Crippen molar-refractivity contribution in [3.63, 3.8) is 0 Å². The van der Waals surface area contributed by atoms with Crippen LogP contribution in [-0.2, 0) is 0 Å². The summed E-state index contributed by atoms with van der Waals surface area (Å²) in [5.41, 5.74) is 0. The van der Waals surface area contributed by atoms with Gasteiger partial charge in [0.25, 0.3) is 0 Å². The number of nitrogens with one attached hydrogen (secondary N) is 1. The fourth-order valence-electron chi connectivity index (χ4n) is 3.54. The van der Waals surface area contributed by atoms with Crippen LogP contribution in [0.1, 0.15) is 38.5 Å². The zero-order valence-corrected chi connectivity index (χ0v) is 11.2. The van der Waals surface area contributed by atoms with Crippen LogP contribution in [0, 0.1) is 11.8 Å². The molecule has 1 aliphatic heterocycles. The molecule has 2 N–H and O–H groups in total. The van der Waals surface area contributed by atoms with E-state index in [1.54, 1.807) is 0 Å². The molecule has 0 aromatic rings. The van der Waals surface area contributed by atoms with Gasteiger partial charge in [-0.2, -0.15) is 0 Å². The Morgan fingerprint density at radius 3 is 2.71 bits per heavy atom. The first-order chi connectivity index (χ1) is 8.33. The maximum Gasteiger partial charge on any atom is 0.0585 e. The minimum atomic E-state index is 0.260. The molecule has 3 heteroatoms. The number of rotatable bonds is 5. The molecule has 0 radical (unpaired) electrons. The van der Waals surface area contributed by atoms with Gasteiger partial charge >= 0.3 is 0 Å². The van der Waals surface area contributed by atoms with Gasteiger partial charge < -0.3 is 15.3 Å². The van der Waals surface area contributed by atoms with Crippen LogP contribution in [0.15, 0.2) is 0 Å². The first-order valence-electron chi connectivity index (χ1n) is 7.34. The Hall–Kier alpha value is -0.120. The van der Waals surface area contributed by atoms with Crippen LogP contribution in [0.5, 0.6) is 0 Å². The molecule has 2 fully saturated rings. The van der Waals surface area contributed by atoms with E-state index in [0.29, 0.717) is 0 Å². The van der Waals surface area contributed by atoms with E-state index in [-0.39, 0.29) is 12.6 Å². The Kier molecular flexibility index (Phi) is 5.26. The lowest BCUT2D eigenvalue weighted by atomic mass is 9.75. The second kappa shape index (κ2) is 6.72. The van der Waals surface area contributed by atoms with Crippen LogP contribution >= 0.6 is 0 Å². The van der Waals surface area contributed by atoms with Gasteiger partial charge in [-0.3, -0.25) is 0 Å². The number of aliphatic hydroxyl groups is 1. The largest absolute Gasteiger partial charge is 0.395 e. The number of hydrogen-bond acceptors (Lipinski definition) is 3. The van der Waals surface area contributed by atoms with Gasteiger partial charge in [0, 0.05) is 12.6 Å². The summed E-state index contributed by atoms with van der Waals surface area (Å²) in [7, 11) is 1.94. The van der Waals surface area contributed by atoms with E-state index in [2.05, 4.69) is 10.2 Å². The second-order valence-electron chi connectivity index (χ2n) is 5.85. The summed E-state index contributed by atoms with van der Waals surface area (Å²) in [5.74, 6) is 2.00. The molecule has 1 saturated heterocycles. The van der Waals surface area contributed by atoms with Gasteiger partial charge in [0.05, 0.1) is 6.61 Å². The van der Waals surface area contributed by atoms with E-state index in [1.807, 2.05) is 7.05 Å². The lowest BCUT2D eigenvalue weighted by molar-refractivity contribution is 0.0819. The van der Waals surface area contributed by atoms with Crippen molar-refractivity contribution < 1.29 is 5.11 Å². The predicted molar refractivity (Wildman–Crippen MR) is 71.1 cm³/mol. The van der Waals surface area contributed by atoms with Crippen molar-refractivity contribution in [2.24, 2.45) is 11.8 Å². The van der Waals surface area contributed by atoms with Crippen molar-refractivity contribution in [3.05, 3.63) is 0 Å². The first-order valence-corrected chi connectivity index (χ1v) is 7.34. The third kappa shape index (κ3) is 3.67. The molecule has 0 aromatic heterocycles. The number of piperidine rings is 1. The molecule has 100 valence electrons. The number of nitrogens with zero attached hydrogens (tertiary/aromatic N) is 1. The Morgan fingerprint density at radius 1 is 1.24 bits per heavy atom. The molecule has 0 spiro atoms. The van der Waals surface area contributed by atoms with Crippen molar-refractivity contribution in [1.29, 1.82) is 0 Å². The highest BCUT2D eigenvalue weighted by Crippen LogP contribution is 2.35. The molecular formula is C14H28N2O. The lowest BCUT2D eigenvalue weighted by Gasteiger charge is -2.41. The molecule has 0 aromatic carbocycles. The van der Waals surface area contributed by atoms with Gasteiger partial charge in [0.1, 0.15) is 0 Å². The maximum absolute atomic E-state index is 9.16. The van der Waals surface area contributed by atoms with Gasteiger partial charge in [-0.05, 0) is 51.2 Å². The molecule has 1 saturated carbocycles. The molecule has 1 heterocycles. The van der Waals surface area contributed by atoms with E-state index in [0.717, 1.165) is 24.8 Å². The molecular weight excluding hydrogens is 212 g/mol. The molecule has 2 aliphatic rings. The van der Waals surface area contributed by atoms with Crippen LogP contribution in [0.2, 0.25) is 0 Å². The first kappa shape index (κ1) is 13.3. The van der Waals surface area contributed by atoms with Gasteiger partial charge in [0.15, 0.2) is 0 Å². The molecule has 3 nitrogen and oxygen atoms in total. The highest BCUT2D eigenvalue weighted by Gasteiger charge is 2.30. The Bertz CT molecular complexity index is 218. The van der Waals surface area contributed by atoms with Crippen molar-refractivity contribution in [3.8, 4) is 0 Å². The van der Waals surface area contributed by atoms with Crippen LogP contribution in [0.3, 0.4) is 0 Å². The highest BCUT2D eigenvalue weighted by molar-refractivity contribution is 4.83. The molecule has 17 heavy (non-hydrogen) atoms. The van der Waals surface area contributed by atoms with Crippen LogP contribution < -0.4 is 5.32 Å². The topological polar surface area (TPSA) is 35.5 Å². The smallest absolute Gasteiger partial charge is 0.0585 e. The van der Waals surface area contributed by atoms with Crippen molar-refractivity contribution in [2.75, 3.05) is 33.3 Å². The summed E-state index contributed by atoms with van der Waals surface area (Å²) >= 11 is 0. The third-order valence-corrected chi connectivity index (χ3v) is 4.80. The number of aliphatic hydroxyl groups excluding tert-OH is 1. The fourth-order valence-corrected chi connectivity index (χ4v) is 3.54. The maximum atomic E-state index is 9.16. The predicted octanol–water partition coefficient (Wildman–Crippen LogP) is 1.47. The summed E-state index contributed by atoms with van der Waals surface area (Å²) in [4.78, 5) is 2.62. The van der Waals surface area contributed by atoms with Crippen LogP contribution in [0.4, 0.5) is 0 Å². The number of likely N-dealkylation sites (tertiary alicyclic amines) is 1. The summed E-state index contributed by atoms with van der Waals surface area (Å²) in [5, 5.41) is 12.3. The number of likely N-dealkylation sites (N-methyl/N-ethyl adjacent to an activating group) is 1. The summed E-state index contributed by atoms with van der Waals surface area (Å²) in [6.07, 6.45) is 8.33. The van der Waals surface area contributed by atoms with Gasteiger partial charge in [0.2, 0.25) is 0 Å². The van der Waals surface area contributed by atoms with E-state index in [9.17, 15) is 0 Å². The normalized spacial score (nSPS) is 32.1. The minimum absolute atomic E-state index is 0.260. The Balaban J connectivity index is 1.72. The molecule has 2 rings (SSSR count). The van der Waals surface area contributed by atoms with Crippen molar-refractivity contribution in [1.82, 2.24) is 10.2 Å².